The Morgan fingerprint density at radius 3 is 2.13 bits per heavy atom. The minimum absolute atomic E-state index is 0.0616. The van der Waals surface area contributed by atoms with Gasteiger partial charge in [0.1, 0.15) is 24.2 Å². The van der Waals surface area contributed by atoms with Crippen LogP contribution in [0.1, 0.15) is 44.9 Å². The first-order valence-corrected chi connectivity index (χ1v) is 12.5. The monoisotopic (exact) mass is 534 g/mol. The average molecular weight is 535 g/mol. The van der Waals surface area contributed by atoms with Gasteiger partial charge in [0, 0.05) is 5.02 Å². The highest BCUT2D eigenvalue weighted by molar-refractivity contribution is 6.30. The SMILES string of the molecule is C/C(=N\NC(=O)OC(C)(C)C)C(C(=O)OCc1ccccc1)C(N=Nc1ccccc1)c1ccc(Cl)cc1. The van der Waals surface area contributed by atoms with Crippen LogP contribution in [-0.2, 0) is 20.9 Å². The van der Waals surface area contributed by atoms with Crippen LogP contribution < -0.4 is 5.43 Å². The van der Waals surface area contributed by atoms with Crippen LogP contribution in [0.3, 0.4) is 0 Å². The predicted molar refractivity (Wildman–Crippen MR) is 147 cm³/mol. The average Bonchev–Trinajstić information content (AvgIpc) is 2.89. The first-order valence-electron chi connectivity index (χ1n) is 12.1. The first kappa shape index (κ1) is 28.5. The number of amides is 1. The largest absolute Gasteiger partial charge is 0.460 e. The van der Waals surface area contributed by atoms with Gasteiger partial charge >= 0.3 is 12.1 Å². The van der Waals surface area contributed by atoms with Crippen molar-refractivity contribution >= 4 is 35.1 Å². The number of carbonyl (C=O) groups excluding carboxylic acids is 2. The summed E-state index contributed by atoms with van der Waals surface area (Å²) in [4.78, 5) is 25.8. The van der Waals surface area contributed by atoms with E-state index >= 15 is 0 Å². The molecule has 3 aromatic carbocycles. The number of nitrogens with zero attached hydrogens (tertiary/aromatic N) is 3. The maximum atomic E-state index is 13.5. The number of hydrazone groups is 1. The van der Waals surface area contributed by atoms with E-state index in [4.69, 9.17) is 21.1 Å². The lowest BCUT2D eigenvalue weighted by Gasteiger charge is -2.23. The lowest BCUT2D eigenvalue weighted by atomic mass is 9.90. The van der Waals surface area contributed by atoms with Crippen molar-refractivity contribution in [3.8, 4) is 0 Å². The number of ether oxygens (including phenoxy) is 2. The van der Waals surface area contributed by atoms with Gasteiger partial charge in [-0.15, -0.1) is 0 Å². The molecule has 0 aliphatic carbocycles. The molecular formula is C29H31ClN4O4. The second-order valence-corrected chi connectivity index (χ2v) is 9.92. The Morgan fingerprint density at radius 2 is 1.53 bits per heavy atom. The highest BCUT2D eigenvalue weighted by atomic mass is 35.5. The summed E-state index contributed by atoms with van der Waals surface area (Å²) in [6, 6.07) is 24.6. The second-order valence-electron chi connectivity index (χ2n) is 9.49. The van der Waals surface area contributed by atoms with Gasteiger partial charge in [0.2, 0.25) is 0 Å². The van der Waals surface area contributed by atoms with E-state index in [2.05, 4.69) is 20.8 Å². The zero-order valence-corrected chi connectivity index (χ0v) is 22.6. The molecule has 3 aromatic rings. The first-order chi connectivity index (χ1) is 18.1. The maximum absolute atomic E-state index is 13.5. The number of rotatable bonds is 9. The number of nitrogens with one attached hydrogen (secondary N) is 1. The lowest BCUT2D eigenvalue weighted by Crippen LogP contribution is -2.34. The fourth-order valence-electron chi connectivity index (χ4n) is 3.46. The van der Waals surface area contributed by atoms with Gasteiger partial charge in [0.25, 0.3) is 0 Å². The molecule has 0 bridgehead atoms. The van der Waals surface area contributed by atoms with Crippen LogP contribution in [0.4, 0.5) is 10.5 Å². The van der Waals surface area contributed by atoms with Gasteiger partial charge in [-0.05, 0) is 63.1 Å². The minimum Gasteiger partial charge on any atom is -0.460 e. The Balaban J connectivity index is 1.98. The summed E-state index contributed by atoms with van der Waals surface area (Å²) >= 11 is 6.12. The summed E-state index contributed by atoms with van der Waals surface area (Å²) in [5.41, 5.74) is 4.03. The Morgan fingerprint density at radius 1 is 0.921 bits per heavy atom. The van der Waals surface area contributed by atoms with Gasteiger partial charge in [-0.3, -0.25) is 4.79 Å². The van der Waals surface area contributed by atoms with Gasteiger partial charge < -0.3 is 9.47 Å². The maximum Gasteiger partial charge on any atom is 0.428 e. The molecule has 1 N–H and O–H groups in total. The molecule has 1 amide bonds. The van der Waals surface area contributed by atoms with Gasteiger partial charge in [0.15, 0.2) is 0 Å². The molecule has 198 valence electrons. The number of benzene rings is 3. The molecule has 2 unspecified atom stereocenters. The molecule has 0 heterocycles. The summed E-state index contributed by atoms with van der Waals surface area (Å²) in [6.45, 7) is 6.91. The fraction of sp³-hybridized carbons (Fsp3) is 0.276. The van der Waals surface area contributed by atoms with Gasteiger partial charge in [-0.25, -0.2) is 10.2 Å². The zero-order chi connectivity index (χ0) is 27.5. The second kappa shape index (κ2) is 13.5. The van der Waals surface area contributed by atoms with Crippen molar-refractivity contribution in [3.05, 3.63) is 101 Å². The number of azo groups is 1. The highest BCUT2D eigenvalue weighted by Crippen LogP contribution is 2.32. The normalized spacial score (nSPS) is 13.6. The molecule has 0 radical (unpaired) electrons. The van der Waals surface area contributed by atoms with E-state index in [0.717, 1.165) is 5.56 Å². The number of esters is 1. The Hall–Kier alpha value is -4.04. The molecule has 38 heavy (non-hydrogen) atoms. The molecule has 0 aliphatic heterocycles. The Kier molecular flexibility index (Phi) is 10.1. The predicted octanol–water partition coefficient (Wildman–Crippen LogP) is 7.43. The van der Waals surface area contributed by atoms with Crippen molar-refractivity contribution in [1.29, 1.82) is 0 Å². The van der Waals surface area contributed by atoms with Crippen LogP contribution in [-0.4, -0.2) is 23.4 Å². The van der Waals surface area contributed by atoms with Crippen LogP contribution in [0.2, 0.25) is 5.02 Å². The Bertz CT molecular complexity index is 1260. The standard InChI is InChI=1S/C29H31ClN4O4/c1-20(31-34-28(36)38-29(2,3)4)25(27(35)37-19-21-11-7-5-8-12-21)26(22-15-17-23(30)18-16-22)33-32-24-13-9-6-10-14-24/h5-18,25-26H,19H2,1-4H3,(H,34,36)/b31-20+,33-32?. The van der Waals surface area contributed by atoms with Crippen LogP contribution in [0.5, 0.6) is 0 Å². The molecule has 3 rings (SSSR count). The quantitative estimate of drug-likeness (QED) is 0.133. The number of hydrogen-bond acceptors (Lipinski definition) is 7. The number of halogens is 1. The molecule has 0 saturated carbocycles. The zero-order valence-electron chi connectivity index (χ0n) is 21.8. The molecule has 2 atom stereocenters. The van der Waals surface area contributed by atoms with E-state index < -0.39 is 29.6 Å². The molecule has 8 nitrogen and oxygen atoms in total. The van der Waals surface area contributed by atoms with Gasteiger partial charge in [-0.1, -0.05) is 72.3 Å². The minimum atomic E-state index is -1.01. The molecule has 0 aliphatic rings. The van der Waals surface area contributed by atoms with E-state index in [1.54, 1.807) is 64.1 Å². The summed E-state index contributed by atoms with van der Waals surface area (Å²) in [7, 11) is 0. The van der Waals surface area contributed by atoms with Gasteiger partial charge in [0.05, 0.1) is 11.4 Å². The number of carbonyl (C=O) groups is 2. The third-order valence-electron chi connectivity index (χ3n) is 5.23. The highest BCUT2D eigenvalue weighted by Gasteiger charge is 2.35. The topological polar surface area (TPSA) is 102 Å². The van der Waals surface area contributed by atoms with Crippen molar-refractivity contribution in [2.75, 3.05) is 0 Å². The third kappa shape index (κ3) is 9.12. The van der Waals surface area contributed by atoms with E-state index in [-0.39, 0.29) is 12.3 Å². The summed E-state index contributed by atoms with van der Waals surface area (Å²) in [5.74, 6) is -1.59. The summed E-state index contributed by atoms with van der Waals surface area (Å²) in [5, 5.41) is 13.6. The molecule has 0 fully saturated rings. The lowest BCUT2D eigenvalue weighted by molar-refractivity contribution is -0.148. The van der Waals surface area contributed by atoms with Crippen LogP contribution in [0, 0.1) is 5.92 Å². The molecule has 0 saturated heterocycles. The van der Waals surface area contributed by atoms with E-state index in [1.165, 1.54) is 0 Å². The summed E-state index contributed by atoms with van der Waals surface area (Å²) in [6.07, 6.45) is -0.748. The van der Waals surface area contributed by atoms with Crippen molar-refractivity contribution in [1.82, 2.24) is 5.43 Å². The van der Waals surface area contributed by atoms with Gasteiger partial charge in [-0.2, -0.15) is 15.3 Å². The van der Waals surface area contributed by atoms with Crippen molar-refractivity contribution in [3.63, 3.8) is 0 Å². The smallest absolute Gasteiger partial charge is 0.428 e. The van der Waals surface area contributed by atoms with E-state index in [9.17, 15) is 9.59 Å². The summed E-state index contributed by atoms with van der Waals surface area (Å²) < 4.78 is 11.0. The fourth-order valence-corrected chi connectivity index (χ4v) is 3.59. The van der Waals surface area contributed by atoms with Crippen LogP contribution in [0.15, 0.2) is 100 Å². The van der Waals surface area contributed by atoms with Crippen molar-refractivity contribution in [2.24, 2.45) is 21.2 Å². The van der Waals surface area contributed by atoms with E-state index in [0.29, 0.717) is 16.3 Å². The third-order valence-corrected chi connectivity index (χ3v) is 5.48. The number of hydrogen-bond donors (Lipinski definition) is 1. The van der Waals surface area contributed by atoms with E-state index in [1.807, 2.05) is 48.5 Å². The molecule has 0 aromatic heterocycles. The molecular weight excluding hydrogens is 504 g/mol. The molecule has 0 spiro atoms. The Labute approximate surface area is 227 Å². The van der Waals surface area contributed by atoms with Crippen LogP contribution >= 0.6 is 11.6 Å². The van der Waals surface area contributed by atoms with Crippen LogP contribution in [0.25, 0.3) is 0 Å². The van der Waals surface area contributed by atoms with Crippen molar-refractivity contribution < 1.29 is 19.1 Å². The molecule has 9 heteroatoms. The van der Waals surface area contributed by atoms with Crippen molar-refractivity contribution in [2.45, 2.75) is 45.9 Å².